The first-order chi connectivity index (χ1) is 16.4. The molecule has 0 atom stereocenters. The Morgan fingerprint density at radius 2 is 1.77 bits per heavy atom. The first kappa shape index (κ1) is 24.7. The van der Waals surface area contributed by atoms with E-state index in [9.17, 15) is 22.9 Å². The molecule has 1 fully saturated rings. The number of benzene rings is 2. The summed E-state index contributed by atoms with van der Waals surface area (Å²) in [6, 6.07) is 10.4. The number of sulfonamides is 1. The molecule has 1 amide bonds. The fraction of sp³-hybridized carbons (Fsp3) is 0.320. The molecule has 10 heteroatoms. The van der Waals surface area contributed by atoms with Gasteiger partial charge in [0.25, 0.3) is 5.91 Å². The van der Waals surface area contributed by atoms with Crippen molar-refractivity contribution in [3.63, 3.8) is 0 Å². The Morgan fingerprint density at radius 1 is 1.09 bits per heavy atom. The highest BCUT2D eigenvalue weighted by molar-refractivity contribution is 7.88. The molecule has 0 spiro atoms. The number of piperazine rings is 1. The number of nitrogens with zero attached hydrogens (tertiary/aromatic N) is 4. The van der Waals surface area contributed by atoms with Crippen LogP contribution in [0.5, 0.6) is 0 Å². The molecule has 2 aromatic carbocycles. The molecule has 0 saturated carbocycles. The predicted octanol–water partition coefficient (Wildman–Crippen LogP) is 3.70. The quantitative estimate of drug-likeness (QED) is 0.547. The average molecular weight is 499 g/mol. The van der Waals surface area contributed by atoms with Gasteiger partial charge in [0.15, 0.2) is 0 Å². The van der Waals surface area contributed by atoms with Crippen LogP contribution in [-0.2, 0) is 15.4 Å². The first-order valence-corrected chi connectivity index (χ1v) is 12.8. The highest BCUT2D eigenvalue weighted by Gasteiger charge is 2.30. The maximum Gasteiger partial charge on any atom is 0.256 e. The van der Waals surface area contributed by atoms with Gasteiger partial charge in [-0.15, -0.1) is 0 Å². The molecule has 2 heterocycles. The molecule has 1 saturated heterocycles. The zero-order chi connectivity index (χ0) is 25.5. The molecule has 3 aromatic rings. The zero-order valence-electron chi connectivity index (χ0n) is 19.5. The molecule has 0 radical (unpaired) electrons. The van der Waals surface area contributed by atoms with E-state index in [1.165, 1.54) is 45.7 Å². The lowest BCUT2D eigenvalue weighted by Crippen LogP contribution is -2.50. The van der Waals surface area contributed by atoms with E-state index in [1.54, 1.807) is 19.9 Å². The molecule has 0 bridgehead atoms. The molecule has 0 unspecified atom stereocenters. The minimum Gasteiger partial charge on any atom is -0.336 e. The number of pyridine rings is 1. The van der Waals surface area contributed by atoms with Gasteiger partial charge in [-0.2, -0.15) is 9.57 Å². The van der Waals surface area contributed by atoms with Gasteiger partial charge in [-0.25, -0.2) is 17.2 Å². The van der Waals surface area contributed by atoms with Crippen LogP contribution in [0.4, 0.5) is 8.78 Å². The van der Waals surface area contributed by atoms with Crippen LogP contribution in [0.25, 0.3) is 22.0 Å². The SMILES string of the molecule is CC(C)(C#N)c1ccc(-c2c(C(=O)N3CCN(S(C)(=O)=O)CC3)cnc3ccc(F)cc23)c(F)c1. The van der Waals surface area contributed by atoms with Crippen LogP contribution < -0.4 is 0 Å². The second-order valence-electron chi connectivity index (χ2n) is 9.09. The first-order valence-electron chi connectivity index (χ1n) is 11.0. The number of hydrogen-bond donors (Lipinski definition) is 0. The van der Waals surface area contributed by atoms with Gasteiger partial charge in [-0.1, -0.05) is 12.1 Å². The van der Waals surface area contributed by atoms with Crippen molar-refractivity contribution in [3.05, 3.63) is 65.4 Å². The number of halogens is 2. The zero-order valence-corrected chi connectivity index (χ0v) is 20.4. The molecular formula is C25H24F2N4O3S. The molecule has 0 N–H and O–H groups in total. The average Bonchev–Trinajstić information content (AvgIpc) is 2.82. The third-order valence-electron chi connectivity index (χ3n) is 6.29. The summed E-state index contributed by atoms with van der Waals surface area (Å²) < 4.78 is 54.6. The predicted molar refractivity (Wildman–Crippen MR) is 128 cm³/mol. The molecule has 7 nitrogen and oxygen atoms in total. The van der Waals surface area contributed by atoms with Gasteiger partial charge in [0, 0.05) is 48.9 Å². The normalized spacial score (nSPS) is 15.3. The number of hydrogen-bond acceptors (Lipinski definition) is 5. The maximum absolute atomic E-state index is 15.5. The summed E-state index contributed by atoms with van der Waals surface area (Å²) in [5.41, 5.74) is 0.296. The van der Waals surface area contributed by atoms with Gasteiger partial charge < -0.3 is 4.90 Å². The largest absolute Gasteiger partial charge is 0.336 e. The monoisotopic (exact) mass is 498 g/mol. The van der Waals surface area contributed by atoms with E-state index < -0.39 is 33.0 Å². The van der Waals surface area contributed by atoms with Crippen LogP contribution in [0.1, 0.15) is 29.8 Å². The minimum atomic E-state index is -3.38. The van der Waals surface area contributed by atoms with Crippen LogP contribution in [0.2, 0.25) is 0 Å². The number of rotatable bonds is 4. The van der Waals surface area contributed by atoms with E-state index >= 15 is 4.39 Å². The van der Waals surface area contributed by atoms with Crippen molar-refractivity contribution in [2.45, 2.75) is 19.3 Å². The molecule has 4 rings (SSSR count). The smallest absolute Gasteiger partial charge is 0.256 e. The number of carbonyl (C=O) groups is 1. The Labute approximate surface area is 202 Å². The third kappa shape index (κ3) is 4.74. The van der Waals surface area contributed by atoms with Gasteiger partial charge in [0.2, 0.25) is 10.0 Å². The van der Waals surface area contributed by atoms with Gasteiger partial charge >= 0.3 is 0 Å². The van der Waals surface area contributed by atoms with Crippen molar-refractivity contribution in [3.8, 4) is 17.2 Å². The molecular weight excluding hydrogens is 474 g/mol. The van der Waals surface area contributed by atoms with Crippen molar-refractivity contribution in [2.24, 2.45) is 0 Å². The Balaban J connectivity index is 1.84. The van der Waals surface area contributed by atoms with Crippen molar-refractivity contribution in [1.82, 2.24) is 14.2 Å². The second kappa shape index (κ2) is 8.98. The number of fused-ring (bicyclic) bond motifs is 1. The molecule has 1 aliphatic heterocycles. The topological polar surface area (TPSA) is 94.4 Å². The van der Waals surface area contributed by atoms with Crippen LogP contribution in [0.3, 0.4) is 0 Å². The summed E-state index contributed by atoms with van der Waals surface area (Å²) >= 11 is 0. The lowest BCUT2D eigenvalue weighted by molar-refractivity contribution is 0.0699. The number of nitriles is 1. The Bertz CT molecular complexity index is 1470. The summed E-state index contributed by atoms with van der Waals surface area (Å²) in [6.45, 7) is 3.94. The van der Waals surface area contributed by atoms with E-state index in [4.69, 9.17) is 0 Å². The van der Waals surface area contributed by atoms with Gasteiger partial charge in [-0.3, -0.25) is 9.78 Å². The van der Waals surface area contributed by atoms with Crippen LogP contribution in [0.15, 0.2) is 42.6 Å². The molecule has 35 heavy (non-hydrogen) atoms. The Kier molecular flexibility index (Phi) is 6.34. The fourth-order valence-corrected chi connectivity index (χ4v) is 5.01. The van der Waals surface area contributed by atoms with Crippen molar-refractivity contribution in [2.75, 3.05) is 32.4 Å². The van der Waals surface area contributed by atoms with Crippen LogP contribution >= 0.6 is 0 Å². The standard InChI is InChI=1S/C25H24F2N4O3S/c1-25(2,15-28)16-4-6-18(21(27)12-16)23-19-13-17(26)5-7-22(19)29-14-20(23)24(32)30-8-10-31(11-9-30)35(3,33)34/h4-7,12-14H,8-11H2,1-3H3. The van der Waals surface area contributed by atoms with E-state index in [1.807, 2.05) is 0 Å². The number of amides is 1. The Morgan fingerprint density at radius 3 is 2.37 bits per heavy atom. The minimum absolute atomic E-state index is 0.0820. The summed E-state index contributed by atoms with van der Waals surface area (Å²) in [5, 5.41) is 9.69. The van der Waals surface area contributed by atoms with E-state index in [0.717, 1.165) is 6.26 Å². The van der Waals surface area contributed by atoms with Gasteiger partial charge in [0.05, 0.1) is 28.8 Å². The Hall–Kier alpha value is -3.42. The highest BCUT2D eigenvalue weighted by Crippen LogP contribution is 2.36. The molecule has 0 aliphatic carbocycles. The lowest BCUT2D eigenvalue weighted by atomic mass is 9.84. The van der Waals surface area contributed by atoms with Crippen molar-refractivity contribution >= 4 is 26.8 Å². The molecule has 1 aromatic heterocycles. The fourth-order valence-electron chi connectivity index (χ4n) is 4.18. The van der Waals surface area contributed by atoms with E-state index in [0.29, 0.717) is 11.1 Å². The van der Waals surface area contributed by atoms with Crippen LogP contribution in [0, 0.1) is 23.0 Å². The maximum atomic E-state index is 15.5. The summed E-state index contributed by atoms with van der Waals surface area (Å²) in [7, 11) is -3.38. The number of aromatic nitrogens is 1. The molecule has 1 aliphatic rings. The second-order valence-corrected chi connectivity index (χ2v) is 11.1. The van der Waals surface area contributed by atoms with E-state index in [2.05, 4.69) is 11.1 Å². The van der Waals surface area contributed by atoms with Crippen LogP contribution in [-0.4, -0.2) is 60.9 Å². The molecule has 182 valence electrons. The van der Waals surface area contributed by atoms with E-state index in [-0.39, 0.29) is 48.3 Å². The van der Waals surface area contributed by atoms with Crippen molar-refractivity contribution < 1.29 is 22.0 Å². The third-order valence-corrected chi connectivity index (χ3v) is 7.60. The highest BCUT2D eigenvalue weighted by atomic mass is 32.2. The lowest BCUT2D eigenvalue weighted by Gasteiger charge is -2.33. The summed E-state index contributed by atoms with van der Waals surface area (Å²) in [6.07, 6.45) is 2.46. The van der Waals surface area contributed by atoms with Gasteiger partial charge in [0.1, 0.15) is 11.6 Å². The summed E-state index contributed by atoms with van der Waals surface area (Å²) in [4.78, 5) is 19.3. The summed E-state index contributed by atoms with van der Waals surface area (Å²) in [5.74, 6) is -1.67. The van der Waals surface area contributed by atoms with Gasteiger partial charge in [-0.05, 0) is 43.7 Å². The number of carbonyl (C=O) groups excluding carboxylic acids is 1. The van der Waals surface area contributed by atoms with Crippen molar-refractivity contribution in [1.29, 1.82) is 5.26 Å².